The zero-order valence-electron chi connectivity index (χ0n) is 18.2. The predicted molar refractivity (Wildman–Crippen MR) is 115 cm³/mol. The molecule has 4 rings (SSSR count). The molecule has 3 aromatic rings. The second-order valence-corrected chi connectivity index (χ2v) is 7.92. The van der Waals surface area contributed by atoms with Crippen molar-refractivity contribution >= 4 is 29.5 Å². The molecular weight excluding hydrogens is 497 g/mol. The summed E-state index contributed by atoms with van der Waals surface area (Å²) in [6, 6.07) is 3.88. The van der Waals surface area contributed by atoms with Crippen LogP contribution < -0.4 is 15.0 Å². The van der Waals surface area contributed by atoms with Gasteiger partial charge in [0.2, 0.25) is 17.7 Å². The smallest absolute Gasteiger partial charge is 0.447 e. The fourth-order valence-electron chi connectivity index (χ4n) is 3.24. The maximum atomic E-state index is 12.4. The molecular formula is C20H18ClF3N6O5. The van der Waals surface area contributed by atoms with Crippen LogP contribution in [0.5, 0.6) is 5.75 Å². The minimum Gasteiger partial charge on any atom is -0.447 e. The highest BCUT2D eigenvalue weighted by Gasteiger charge is 2.38. The van der Waals surface area contributed by atoms with Gasteiger partial charge in [-0.05, 0) is 38.1 Å². The van der Waals surface area contributed by atoms with Crippen molar-refractivity contribution in [1.82, 2.24) is 20.1 Å². The molecule has 1 aliphatic rings. The summed E-state index contributed by atoms with van der Waals surface area (Å²) in [4.78, 5) is 26.0. The molecule has 0 radical (unpaired) electrons. The molecule has 35 heavy (non-hydrogen) atoms. The van der Waals surface area contributed by atoms with Gasteiger partial charge in [0.1, 0.15) is 30.3 Å². The first-order valence-electron chi connectivity index (χ1n) is 10.1. The van der Waals surface area contributed by atoms with Gasteiger partial charge in [0.25, 0.3) is 0 Å². The summed E-state index contributed by atoms with van der Waals surface area (Å²) in [5, 5.41) is 16.4. The average Bonchev–Trinajstić information content (AvgIpc) is 3.42. The lowest BCUT2D eigenvalue weighted by Gasteiger charge is -2.22. The van der Waals surface area contributed by atoms with Crippen LogP contribution in [0.2, 0.25) is 5.02 Å². The number of aromatic nitrogens is 4. The lowest BCUT2D eigenvalue weighted by molar-refractivity contribution is -0.274. The number of amides is 1. The van der Waals surface area contributed by atoms with Gasteiger partial charge >= 0.3 is 12.5 Å². The maximum absolute atomic E-state index is 12.4. The van der Waals surface area contributed by atoms with Crippen molar-refractivity contribution in [3.8, 4) is 17.1 Å². The Balaban J connectivity index is 1.48. The SMILES string of the molecule is C[C@@H](Nc1nccc(N2C(=O)OC[C@@H]2[C@@H](C)O)n1)c1nc(-c2ccc(OC(F)(F)F)c(Cl)c2)no1. The van der Waals surface area contributed by atoms with E-state index in [0.29, 0.717) is 5.56 Å². The molecule has 3 atom stereocenters. The Morgan fingerprint density at radius 2 is 2.06 bits per heavy atom. The molecule has 0 saturated carbocycles. The fraction of sp³-hybridized carbons (Fsp3) is 0.350. The number of ether oxygens (including phenoxy) is 2. The minimum atomic E-state index is -4.88. The van der Waals surface area contributed by atoms with Crippen molar-refractivity contribution in [2.45, 2.75) is 38.4 Å². The third-order valence-corrected chi connectivity index (χ3v) is 5.22. The molecule has 11 nitrogen and oxygen atoms in total. The van der Waals surface area contributed by atoms with Crippen molar-refractivity contribution in [3.63, 3.8) is 0 Å². The Morgan fingerprint density at radius 3 is 2.74 bits per heavy atom. The van der Waals surface area contributed by atoms with E-state index in [1.165, 1.54) is 29.3 Å². The highest BCUT2D eigenvalue weighted by Crippen LogP contribution is 2.33. The normalized spacial score (nSPS) is 17.7. The van der Waals surface area contributed by atoms with Crippen LogP contribution in [0.1, 0.15) is 25.8 Å². The van der Waals surface area contributed by atoms with E-state index in [0.717, 1.165) is 6.07 Å². The first kappa shape index (κ1) is 24.5. The van der Waals surface area contributed by atoms with Gasteiger partial charge in [0, 0.05) is 11.8 Å². The van der Waals surface area contributed by atoms with Gasteiger partial charge in [0.15, 0.2) is 0 Å². The highest BCUT2D eigenvalue weighted by molar-refractivity contribution is 6.32. The number of nitrogens with one attached hydrogen (secondary N) is 1. The van der Waals surface area contributed by atoms with Gasteiger partial charge in [-0.3, -0.25) is 4.90 Å². The highest BCUT2D eigenvalue weighted by atomic mass is 35.5. The van der Waals surface area contributed by atoms with Crippen LogP contribution >= 0.6 is 11.6 Å². The second kappa shape index (κ2) is 9.54. The van der Waals surface area contributed by atoms with Crippen molar-refractivity contribution in [2.24, 2.45) is 0 Å². The molecule has 1 aromatic carbocycles. The fourth-order valence-corrected chi connectivity index (χ4v) is 3.46. The van der Waals surface area contributed by atoms with Crippen molar-refractivity contribution in [3.05, 3.63) is 41.4 Å². The number of anilines is 2. The lowest BCUT2D eigenvalue weighted by atomic mass is 10.2. The number of halogens is 4. The van der Waals surface area contributed by atoms with E-state index in [4.69, 9.17) is 20.9 Å². The quantitative estimate of drug-likeness (QED) is 0.476. The Hall–Kier alpha value is -3.65. The number of rotatable bonds is 7. The molecule has 1 saturated heterocycles. The average molecular weight is 515 g/mol. The van der Waals surface area contributed by atoms with Crippen molar-refractivity contribution < 1.29 is 37.1 Å². The molecule has 1 fully saturated rings. The molecule has 2 N–H and O–H groups in total. The predicted octanol–water partition coefficient (Wildman–Crippen LogP) is 3.96. The Morgan fingerprint density at radius 1 is 1.29 bits per heavy atom. The van der Waals surface area contributed by atoms with Gasteiger partial charge < -0.3 is 24.4 Å². The van der Waals surface area contributed by atoms with Gasteiger partial charge in [-0.25, -0.2) is 9.78 Å². The van der Waals surface area contributed by atoms with Crippen LogP contribution in [0.15, 0.2) is 35.0 Å². The third kappa shape index (κ3) is 5.54. The summed E-state index contributed by atoms with van der Waals surface area (Å²) in [6.45, 7) is 3.25. The second-order valence-electron chi connectivity index (χ2n) is 7.51. The van der Waals surface area contributed by atoms with Gasteiger partial charge in [-0.15, -0.1) is 13.2 Å². The van der Waals surface area contributed by atoms with Crippen LogP contribution in [0.3, 0.4) is 0 Å². The van der Waals surface area contributed by atoms with E-state index in [1.807, 2.05) is 0 Å². The summed E-state index contributed by atoms with van der Waals surface area (Å²) in [7, 11) is 0. The number of aliphatic hydroxyl groups excluding tert-OH is 1. The number of nitrogens with zero attached hydrogens (tertiary/aromatic N) is 5. The van der Waals surface area contributed by atoms with Crippen LogP contribution in [0.25, 0.3) is 11.4 Å². The molecule has 3 heterocycles. The molecule has 0 aliphatic carbocycles. The number of hydrogen-bond donors (Lipinski definition) is 2. The van der Waals surface area contributed by atoms with Gasteiger partial charge in [-0.2, -0.15) is 9.97 Å². The zero-order valence-corrected chi connectivity index (χ0v) is 18.9. The zero-order chi connectivity index (χ0) is 25.3. The number of alkyl halides is 3. The Bertz CT molecular complexity index is 1220. The van der Waals surface area contributed by atoms with Crippen LogP contribution in [-0.4, -0.2) is 56.4 Å². The molecule has 2 aromatic heterocycles. The molecule has 0 unspecified atom stereocenters. The summed E-state index contributed by atoms with van der Waals surface area (Å²) in [6.07, 6.45) is -4.93. The number of carbonyl (C=O) groups excluding carboxylic acids is 1. The van der Waals surface area contributed by atoms with Crippen molar-refractivity contribution in [1.29, 1.82) is 0 Å². The van der Waals surface area contributed by atoms with E-state index < -0.39 is 36.4 Å². The first-order chi connectivity index (χ1) is 16.5. The maximum Gasteiger partial charge on any atom is 0.573 e. The Kier molecular flexibility index (Phi) is 6.67. The summed E-state index contributed by atoms with van der Waals surface area (Å²) < 4.78 is 51.4. The number of benzene rings is 1. The van der Waals surface area contributed by atoms with E-state index in [2.05, 4.69) is 30.2 Å². The summed E-state index contributed by atoms with van der Waals surface area (Å²) in [5.41, 5.74) is 0.307. The van der Waals surface area contributed by atoms with Crippen molar-refractivity contribution in [2.75, 3.05) is 16.8 Å². The lowest BCUT2D eigenvalue weighted by Crippen LogP contribution is -2.41. The number of cyclic esters (lactones) is 1. The molecule has 1 amide bonds. The number of aliphatic hydroxyl groups is 1. The van der Waals surface area contributed by atoms with E-state index in [1.54, 1.807) is 13.8 Å². The molecule has 15 heteroatoms. The molecule has 0 bridgehead atoms. The van der Waals surface area contributed by atoms with Crippen LogP contribution in [0.4, 0.5) is 29.7 Å². The van der Waals surface area contributed by atoms with Crippen LogP contribution in [0, 0.1) is 0 Å². The molecule has 1 aliphatic heterocycles. The van der Waals surface area contributed by atoms with E-state index >= 15 is 0 Å². The molecule has 0 spiro atoms. The third-order valence-electron chi connectivity index (χ3n) is 4.92. The summed E-state index contributed by atoms with van der Waals surface area (Å²) in [5.74, 6) is 0.0191. The topological polar surface area (TPSA) is 136 Å². The summed E-state index contributed by atoms with van der Waals surface area (Å²) >= 11 is 5.88. The van der Waals surface area contributed by atoms with Gasteiger partial charge in [0.05, 0.1) is 11.1 Å². The minimum absolute atomic E-state index is 0.0256. The monoisotopic (exact) mass is 514 g/mol. The largest absolute Gasteiger partial charge is 0.573 e. The standard InChI is InChI=1S/C20H18ClF3N6O5/c1-9(26-18-25-6-5-15(27-18)30-13(10(2)31)8-33-19(30)32)17-28-16(29-35-17)11-3-4-14(12(21)7-11)34-20(22,23)24/h3-7,9-10,13,31H,8H2,1-2H3,(H,25,26,27)/t9-,10-,13-/m1/s1. The number of carbonyl (C=O) groups is 1. The van der Waals surface area contributed by atoms with Crippen LogP contribution in [-0.2, 0) is 4.74 Å². The number of hydrogen-bond acceptors (Lipinski definition) is 10. The van der Waals surface area contributed by atoms with E-state index in [9.17, 15) is 23.1 Å². The van der Waals surface area contributed by atoms with E-state index in [-0.39, 0.29) is 35.1 Å². The first-order valence-corrected chi connectivity index (χ1v) is 10.5. The Labute approximate surface area is 200 Å². The molecule has 186 valence electrons. The van der Waals surface area contributed by atoms with Gasteiger partial charge in [-0.1, -0.05) is 16.8 Å².